The Labute approximate surface area is 149 Å². The van der Waals surface area contributed by atoms with Gasteiger partial charge in [0.1, 0.15) is 5.76 Å². The zero-order chi connectivity index (χ0) is 18.0. The molecular formula is C21H30O4. The van der Waals surface area contributed by atoms with E-state index >= 15 is 0 Å². The molecule has 0 heterocycles. The lowest BCUT2D eigenvalue weighted by atomic mass is 9.52. The molecule has 4 heteroatoms. The first-order valence-electron chi connectivity index (χ1n) is 9.73. The molecule has 0 bridgehead atoms. The molecule has 0 saturated heterocycles. The zero-order valence-corrected chi connectivity index (χ0v) is 15.5. The Morgan fingerprint density at radius 1 is 1.24 bits per heavy atom. The van der Waals surface area contributed by atoms with Crippen molar-refractivity contribution in [3.63, 3.8) is 0 Å². The van der Waals surface area contributed by atoms with E-state index in [0.717, 1.165) is 44.3 Å². The summed E-state index contributed by atoms with van der Waals surface area (Å²) >= 11 is 0. The van der Waals surface area contributed by atoms with Gasteiger partial charge in [0, 0.05) is 6.42 Å². The van der Waals surface area contributed by atoms with Gasteiger partial charge < -0.3 is 14.9 Å². The first-order valence-corrected chi connectivity index (χ1v) is 9.73. The van der Waals surface area contributed by atoms with E-state index in [1.54, 1.807) is 7.11 Å². The Balaban J connectivity index is 1.72. The summed E-state index contributed by atoms with van der Waals surface area (Å²) in [6, 6.07) is 0. The first-order chi connectivity index (χ1) is 11.8. The Morgan fingerprint density at radius 2 is 2.00 bits per heavy atom. The molecular weight excluding hydrogens is 316 g/mol. The maximum Gasteiger partial charge on any atom is 0.307 e. The van der Waals surface area contributed by atoms with Crippen molar-refractivity contribution in [1.82, 2.24) is 0 Å². The molecule has 0 radical (unpaired) electrons. The lowest BCUT2D eigenvalue weighted by Crippen LogP contribution is -2.48. The highest BCUT2D eigenvalue weighted by Crippen LogP contribution is 2.64. The third kappa shape index (κ3) is 2.33. The maximum atomic E-state index is 11.8. The summed E-state index contributed by atoms with van der Waals surface area (Å²) in [5, 5.41) is 20.8. The fourth-order valence-electron chi connectivity index (χ4n) is 6.84. The fourth-order valence-corrected chi connectivity index (χ4v) is 6.84. The van der Waals surface area contributed by atoms with Crippen LogP contribution in [0.15, 0.2) is 23.0 Å². The van der Waals surface area contributed by atoms with Crippen molar-refractivity contribution in [2.24, 2.45) is 29.1 Å². The van der Waals surface area contributed by atoms with Crippen molar-refractivity contribution in [2.75, 3.05) is 7.11 Å². The van der Waals surface area contributed by atoms with Gasteiger partial charge in [-0.05, 0) is 85.8 Å². The summed E-state index contributed by atoms with van der Waals surface area (Å²) in [7, 11) is 1.72. The predicted molar refractivity (Wildman–Crippen MR) is 94.8 cm³/mol. The normalized spacial score (nSPS) is 46.0. The number of allylic oxidation sites excluding steroid dienone is 1. The summed E-state index contributed by atoms with van der Waals surface area (Å²) in [5.41, 5.74) is 1.55. The van der Waals surface area contributed by atoms with E-state index in [-0.39, 0.29) is 11.3 Å². The third-order valence-electron chi connectivity index (χ3n) is 7.94. The van der Waals surface area contributed by atoms with Crippen molar-refractivity contribution in [2.45, 2.75) is 64.4 Å². The van der Waals surface area contributed by atoms with Gasteiger partial charge in [0.25, 0.3) is 0 Å². The quantitative estimate of drug-likeness (QED) is 0.796. The van der Waals surface area contributed by atoms with Crippen LogP contribution in [0.4, 0.5) is 0 Å². The predicted octanol–water partition coefficient (Wildman–Crippen LogP) is 3.91. The minimum Gasteiger partial charge on any atom is -0.497 e. The van der Waals surface area contributed by atoms with Crippen LogP contribution < -0.4 is 0 Å². The van der Waals surface area contributed by atoms with Gasteiger partial charge in [-0.3, -0.25) is 4.79 Å². The van der Waals surface area contributed by atoms with Crippen molar-refractivity contribution in [1.29, 1.82) is 0 Å². The molecule has 138 valence electrons. The Hall–Kier alpha value is -1.29. The minimum absolute atomic E-state index is 0.0779. The summed E-state index contributed by atoms with van der Waals surface area (Å²) < 4.78 is 5.60. The average Bonchev–Trinajstić information content (AvgIpc) is 2.92. The number of carbonyl (C=O) groups is 1. The standard InChI is InChI=1S/C21H30O4/c1-20-10-8-13-12(15(20)6-7-16(20)19(22)23)4-5-14-17(25-3)9-11-21(2,24)18(13)14/h9,12-13,15-16,24H,4-8,10-11H2,1-3H3,(H,22,23). The van der Waals surface area contributed by atoms with Crippen LogP contribution >= 0.6 is 0 Å². The summed E-state index contributed by atoms with van der Waals surface area (Å²) in [6.07, 6.45) is 8.45. The van der Waals surface area contributed by atoms with Crippen molar-refractivity contribution in [3.05, 3.63) is 23.0 Å². The Kier molecular flexibility index (Phi) is 3.84. The molecule has 2 N–H and O–H groups in total. The number of aliphatic carboxylic acids is 1. The molecule has 0 spiro atoms. The molecule has 6 atom stereocenters. The van der Waals surface area contributed by atoms with E-state index in [4.69, 9.17) is 4.74 Å². The molecule has 4 rings (SSSR count). The SMILES string of the molecule is COC1=CCC(C)(O)C2=C1CCC1C2CCC2(C)C(C(=O)O)CCC12. The van der Waals surface area contributed by atoms with Crippen LogP contribution in [0.2, 0.25) is 0 Å². The maximum absolute atomic E-state index is 11.8. The number of rotatable bonds is 2. The van der Waals surface area contributed by atoms with E-state index in [1.165, 1.54) is 11.1 Å². The van der Waals surface area contributed by atoms with E-state index < -0.39 is 11.6 Å². The second-order valence-corrected chi connectivity index (χ2v) is 9.07. The first kappa shape index (κ1) is 17.1. The number of hydrogen-bond donors (Lipinski definition) is 2. The molecule has 25 heavy (non-hydrogen) atoms. The van der Waals surface area contributed by atoms with Crippen molar-refractivity contribution < 1.29 is 19.7 Å². The van der Waals surface area contributed by atoms with Crippen LogP contribution in [-0.2, 0) is 9.53 Å². The number of aliphatic hydroxyl groups is 1. The molecule has 0 amide bonds. The average molecular weight is 346 g/mol. The molecule has 0 aromatic heterocycles. The lowest BCUT2D eigenvalue weighted by molar-refractivity contribution is -0.147. The molecule has 6 unspecified atom stereocenters. The smallest absolute Gasteiger partial charge is 0.307 e. The van der Waals surface area contributed by atoms with E-state index in [9.17, 15) is 15.0 Å². The fraction of sp³-hybridized carbons (Fsp3) is 0.762. The summed E-state index contributed by atoms with van der Waals surface area (Å²) in [4.78, 5) is 11.8. The van der Waals surface area contributed by atoms with Crippen LogP contribution in [0.25, 0.3) is 0 Å². The van der Waals surface area contributed by atoms with Gasteiger partial charge in [0.05, 0.1) is 18.6 Å². The largest absolute Gasteiger partial charge is 0.497 e. The molecule has 0 aliphatic heterocycles. The van der Waals surface area contributed by atoms with E-state index in [2.05, 4.69) is 6.92 Å². The van der Waals surface area contributed by atoms with Crippen LogP contribution in [-0.4, -0.2) is 28.9 Å². The van der Waals surface area contributed by atoms with Crippen LogP contribution in [0.1, 0.15) is 58.8 Å². The van der Waals surface area contributed by atoms with Crippen molar-refractivity contribution in [3.8, 4) is 0 Å². The van der Waals surface area contributed by atoms with Crippen molar-refractivity contribution >= 4 is 5.97 Å². The second-order valence-electron chi connectivity index (χ2n) is 9.07. The number of ether oxygens (including phenoxy) is 1. The highest BCUT2D eigenvalue weighted by atomic mass is 16.5. The van der Waals surface area contributed by atoms with Gasteiger partial charge in [0.2, 0.25) is 0 Å². The number of fused-ring (bicyclic) bond motifs is 4. The molecule has 4 nitrogen and oxygen atoms in total. The van der Waals surface area contributed by atoms with Crippen LogP contribution in [0, 0.1) is 29.1 Å². The van der Waals surface area contributed by atoms with Crippen LogP contribution in [0.3, 0.4) is 0 Å². The minimum atomic E-state index is -0.792. The number of carboxylic acids is 1. The third-order valence-corrected chi connectivity index (χ3v) is 7.94. The molecule has 2 saturated carbocycles. The van der Waals surface area contributed by atoms with E-state index in [0.29, 0.717) is 24.2 Å². The highest BCUT2D eigenvalue weighted by Gasteiger charge is 2.58. The van der Waals surface area contributed by atoms with E-state index in [1.807, 2.05) is 13.0 Å². The molecule has 4 aliphatic rings. The number of hydrogen-bond acceptors (Lipinski definition) is 3. The topological polar surface area (TPSA) is 66.8 Å². The van der Waals surface area contributed by atoms with Gasteiger partial charge in [-0.15, -0.1) is 0 Å². The van der Waals surface area contributed by atoms with Gasteiger partial charge in [0.15, 0.2) is 0 Å². The molecule has 0 aromatic rings. The summed E-state index contributed by atoms with van der Waals surface area (Å²) in [6.45, 7) is 4.15. The molecule has 0 aromatic carbocycles. The number of carboxylic acid groups (broad SMARTS) is 1. The van der Waals surface area contributed by atoms with Crippen LogP contribution in [0.5, 0.6) is 0 Å². The van der Waals surface area contributed by atoms with Gasteiger partial charge in [-0.25, -0.2) is 0 Å². The highest BCUT2D eigenvalue weighted by molar-refractivity contribution is 5.71. The molecule has 2 fully saturated rings. The van der Waals surface area contributed by atoms with Gasteiger partial charge in [-0.2, -0.15) is 0 Å². The summed E-state index contributed by atoms with van der Waals surface area (Å²) in [5.74, 6) is 1.48. The zero-order valence-electron chi connectivity index (χ0n) is 15.5. The molecule has 4 aliphatic carbocycles. The monoisotopic (exact) mass is 346 g/mol. The Bertz CT molecular complexity index is 659. The van der Waals surface area contributed by atoms with Gasteiger partial charge >= 0.3 is 5.97 Å². The second kappa shape index (κ2) is 5.60. The lowest BCUT2D eigenvalue weighted by Gasteiger charge is -2.53. The van der Waals surface area contributed by atoms with Gasteiger partial charge in [-0.1, -0.05) is 6.92 Å². The number of methoxy groups -OCH3 is 1. The Morgan fingerprint density at radius 3 is 2.68 bits per heavy atom.